The number of benzene rings is 2. The monoisotopic (exact) mass is 466 g/mol. The fraction of sp³-hybridized carbons (Fsp3) is 0.136. The van der Waals surface area contributed by atoms with E-state index in [1.165, 1.54) is 45.9 Å². The molecule has 2 aromatic carbocycles. The molecule has 12 heteroatoms. The third-order valence-electron chi connectivity index (χ3n) is 4.57. The van der Waals surface area contributed by atoms with E-state index in [4.69, 9.17) is 19.9 Å². The molecule has 0 radical (unpaired) electrons. The Kier molecular flexibility index (Phi) is 7.44. The van der Waals surface area contributed by atoms with Crippen LogP contribution >= 0.6 is 0 Å². The summed E-state index contributed by atoms with van der Waals surface area (Å²) in [5.74, 6) is -1.11. The molecule has 0 fully saturated rings. The number of aromatic nitrogens is 2. The van der Waals surface area contributed by atoms with Crippen molar-refractivity contribution in [2.75, 3.05) is 37.8 Å². The molecule has 0 saturated heterocycles. The van der Waals surface area contributed by atoms with Gasteiger partial charge < -0.3 is 25.3 Å². The number of nitrogen functional groups attached to an aromatic ring is 1. The molecular formula is C22H22N6O6. The summed E-state index contributed by atoms with van der Waals surface area (Å²) in [5.41, 5.74) is 12.2. The van der Waals surface area contributed by atoms with Gasteiger partial charge in [0.2, 0.25) is 0 Å². The molecule has 0 aliphatic carbocycles. The van der Waals surface area contributed by atoms with Crippen LogP contribution in [0.15, 0.2) is 48.8 Å². The second-order valence-corrected chi connectivity index (χ2v) is 6.67. The summed E-state index contributed by atoms with van der Waals surface area (Å²) in [6.45, 7) is 0. The summed E-state index contributed by atoms with van der Waals surface area (Å²) < 4.78 is 14.6. The number of anilines is 4. The van der Waals surface area contributed by atoms with Gasteiger partial charge >= 0.3 is 11.9 Å². The first-order chi connectivity index (χ1) is 16.4. The van der Waals surface area contributed by atoms with Gasteiger partial charge in [-0.25, -0.2) is 19.6 Å². The van der Waals surface area contributed by atoms with Crippen LogP contribution in [0.3, 0.4) is 0 Å². The SMILES string of the molecule is COC(=O)c1cc(Nc2ncnc(NNC(=O)c3ccccc3OC)c2N)cc(C(=O)OC)c1. The third-order valence-corrected chi connectivity index (χ3v) is 4.57. The number of nitrogens with one attached hydrogen (secondary N) is 3. The number of hydrazine groups is 1. The second kappa shape index (κ2) is 10.6. The number of rotatable bonds is 8. The predicted octanol–water partition coefficient (Wildman–Crippen LogP) is 2.14. The van der Waals surface area contributed by atoms with Crippen molar-refractivity contribution in [2.45, 2.75) is 0 Å². The molecule has 0 aliphatic heterocycles. The largest absolute Gasteiger partial charge is 0.496 e. The van der Waals surface area contributed by atoms with Crippen LogP contribution in [0.4, 0.5) is 23.0 Å². The molecule has 0 unspecified atom stereocenters. The summed E-state index contributed by atoms with van der Waals surface area (Å²) in [4.78, 5) is 44.6. The highest BCUT2D eigenvalue weighted by Gasteiger charge is 2.16. The first-order valence-corrected chi connectivity index (χ1v) is 9.76. The highest BCUT2D eigenvalue weighted by molar-refractivity contribution is 5.98. The minimum Gasteiger partial charge on any atom is -0.496 e. The number of nitrogens with two attached hydrogens (primary N) is 1. The zero-order valence-corrected chi connectivity index (χ0v) is 18.5. The minimum atomic E-state index is -0.647. The van der Waals surface area contributed by atoms with Crippen molar-refractivity contribution in [1.29, 1.82) is 0 Å². The molecule has 0 saturated carbocycles. The lowest BCUT2D eigenvalue weighted by atomic mass is 10.1. The Balaban J connectivity index is 1.83. The number of nitrogens with zero attached hydrogens (tertiary/aromatic N) is 2. The minimum absolute atomic E-state index is 0.0610. The van der Waals surface area contributed by atoms with Crippen LogP contribution in [0.2, 0.25) is 0 Å². The van der Waals surface area contributed by atoms with Crippen LogP contribution in [0, 0.1) is 0 Å². The van der Waals surface area contributed by atoms with Gasteiger partial charge in [-0.1, -0.05) is 12.1 Å². The fourth-order valence-electron chi connectivity index (χ4n) is 2.92. The van der Waals surface area contributed by atoms with Crippen molar-refractivity contribution in [2.24, 2.45) is 0 Å². The standard InChI is InChI=1S/C22H22N6O6/c1-32-16-7-5-4-6-15(16)20(29)28-27-19-17(23)18(24-11-25-19)26-14-9-12(21(30)33-2)8-13(10-14)22(31)34-3/h4-11H,23H2,1-3H3,(H,28,29)(H2,24,25,26,27). The molecule has 0 atom stereocenters. The summed E-state index contributed by atoms with van der Waals surface area (Å²) in [5, 5.41) is 2.92. The molecule has 3 rings (SSSR count). The lowest BCUT2D eigenvalue weighted by Gasteiger charge is -2.15. The maximum atomic E-state index is 12.5. The Morgan fingerprint density at radius 3 is 2.12 bits per heavy atom. The molecule has 1 amide bonds. The van der Waals surface area contributed by atoms with Crippen LogP contribution < -0.4 is 26.6 Å². The van der Waals surface area contributed by atoms with E-state index < -0.39 is 17.8 Å². The Morgan fingerprint density at radius 2 is 1.50 bits per heavy atom. The van der Waals surface area contributed by atoms with Gasteiger partial charge in [0.05, 0.1) is 38.0 Å². The maximum Gasteiger partial charge on any atom is 0.337 e. The number of para-hydroxylation sites is 1. The second-order valence-electron chi connectivity index (χ2n) is 6.67. The normalized spacial score (nSPS) is 10.1. The molecule has 0 spiro atoms. The average Bonchev–Trinajstić information content (AvgIpc) is 2.87. The molecule has 1 aromatic heterocycles. The number of esters is 2. The fourth-order valence-corrected chi connectivity index (χ4v) is 2.92. The maximum absolute atomic E-state index is 12.5. The molecule has 34 heavy (non-hydrogen) atoms. The molecule has 0 aliphatic rings. The number of hydrogen-bond donors (Lipinski definition) is 4. The Bertz CT molecular complexity index is 1200. The summed E-state index contributed by atoms with van der Waals surface area (Å²) >= 11 is 0. The van der Waals surface area contributed by atoms with E-state index >= 15 is 0 Å². The van der Waals surface area contributed by atoms with E-state index in [0.717, 1.165) is 0 Å². The number of carbonyl (C=O) groups excluding carboxylic acids is 3. The lowest BCUT2D eigenvalue weighted by Crippen LogP contribution is -2.30. The van der Waals surface area contributed by atoms with Crippen molar-refractivity contribution in [3.8, 4) is 5.75 Å². The van der Waals surface area contributed by atoms with Crippen LogP contribution in [-0.4, -0.2) is 49.1 Å². The first kappa shape index (κ1) is 23.8. The summed E-state index contributed by atoms with van der Waals surface area (Å²) in [7, 11) is 3.90. The van der Waals surface area contributed by atoms with Gasteiger partial charge in [0.15, 0.2) is 11.6 Å². The van der Waals surface area contributed by atoms with Gasteiger partial charge in [0.1, 0.15) is 17.8 Å². The zero-order valence-electron chi connectivity index (χ0n) is 18.5. The van der Waals surface area contributed by atoms with Gasteiger partial charge in [0, 0.05) is 5.69 Å². The van der Waals surface area contributed by atoms with E-state index in [2.05, 4.69) is 26.1 Å². The topological polar surface area (TPSA) is 167 Å². The molecular weight excluding hydrogens is 444 g/mol. The van der Waals surface area contributed by atoms with E-state index in [-0.39, 0.29) is 28.5 Å². The number of hydrogen-bond acceptors (Lipinski definition) is 11. The van der Waals surface area contributed by atoms with E-state index in [1.807, 2.05) is 0 Å². The number of ether oxygens (including phenoxy) is 3. The van der Waals surface area contributed by atoms with E-state index in [1.54, 1.807) is 24.3 Å². The molecule has 176 valence electrons. The number of amides is 1. The number of methoxy groups -OCH3 is 3. The first-order valence-electron chi connectivity index (χ1n) is 9.76. The van der Waals surface area contributed by atoms with Crippen molar-refractivity contribution in [1.82, 2.24) is 15.4 Å². The van der Waals surface area contributed by atoms with Gasteiger partial charge in [-0.3, -0.25) is 15.6 Å². The van der Waals surface area contributed by atoms with Crippen molar-refractivity contribution in [3.63, 3.8) is 0 Å². The Hall–Kier alpha value is -4.87. The van der Waals surface area contributed by atoms with Crippen LogP contribution in [0.25, 0.3) is 0 Å². The van der Waals surface area contributed by atoms with E-state index in [9.17, 15) is 14.4 Å². The van der Waals surface area contributed by atoms with Gasteiger partial charge in [-0.15, -0.1) is 0 Å². The highest BCUT2D eigenvalue weighted by Crippen LogP contribution is 2.27. The van der Waals surface area contributed by atoms with Crippen molar-refractivity contribution in [3.05, 3.63) is 65.5 Å². The Labute approximate surface area is 194 Å². The van der Waals surface area contributed by atoms with Gasteiger partial charge in [-0.05, 0) is 30.3 Å². The summed E-state index contributed by atoms with van der Waals surface area (Å²) in [6, 6.07) is 10.9. The van der Waals surface area contributed by atoms with Crippen molar-refractivity contribution < 1.29 is 28.6 Å². The smallest absolute Gasteiger partial charge is 0.337 e. The van der Waals surface area contributed by atoms with Crippen molar-refractivity contribution >= 4 is 40.9 Å². The quantitative estimate of drug-likeness (QED) is 0.284. The Morgan fingerprint density at radius 1 is 0.882 bits per heavy atom. The molecule has 1 heterocycles. The lowest BCUT2D eigenvalue weighted by molar-refractivity contribution is 0.0599. The zero-order chi connectivity index (χ0) is 24.7. The molecule has 3 aromatic rings. The average molecular weight is 466 g/mol. The van der Waals surface area contributed by atoms with Crippen LogP contribution in [0.5, 0.6) is 5.75 Å². The summed E-state index contributed by atoms with van der Waals surface area (Å²) in [6.07, 6.45) is 1.21. The van der Waals surface area contributed by atoms with Crippen LogP contribution in [0.1, 0.15) is 31.1 Å². The van der Waals surface area contributed by atoms with Gasteiger partial charge in [0.25, 0.3) is 5.91 Å². The predicted molar refractivity (Wildman–Crippen MR) is 123 cm³/mol. The van der Waals surface area contributed by atoms with E-state index in [0.29, 0.717) is 17.0 Å². The molecule has 0 bridgehead atoms. The molecule has 5 N–H and O–H groups in total. The molecule has 12 nitrogen and oxygen atoms in total. The third kappa shape index (κ3) is 5.30. The van der Waals surface area contributed by atoms with Gasteiger partial charge in [-0.2, -0.15) is 0 Å². The highest BCUT2D eigenvalue weighted by atomic mass is 16.5. The number of carbonyl (C=O) groups is 3. The van der Waals surface area contributed by atoms with Crippen LogP contribution in [-0.2, 0) is 9.47 Å².